The van der Waals surface area contributed by atoms with Crippen molar-refractivity contribution in [3.8, 4) is 0 Å². The zero-order chi connectivity index (χ0) is 13.9. The average molecular weight is 268 g/mol. The third kappa shape index (κ3) is 2.62. The zero-order valence-corrected chi connectivity index (χ0v) is 11.8. The fourth-order valence-corrected chi connectivity index (χ4v) is 2.91. The van der Waals surface area contributed by atoms with Gasteiger partial charge in [0.1, 0.15) is 6.10 Å². The van der Waals surface area contributed by atoms with Crippen LogP contribution < -0.4 is 0 Å². The van der Waals surface area contributed by atoms with E-state index in [4.69, 9.17) is 4.74 Å². The second kappa shape index (κ2) is 5.78. The van der Waals surface area contributed by atoms with Crippen LogP contribution in [0.5, 0.6) is 0 Å². The number of aliphatic hydroxyl groups is 1. The molecule has 0 aromatic heterocycles. The number of benzene rings is 2. The average Bonchev–Trinajstić information content (AvgIpc) is 2.49. The summed E-state index contributed by atoms with van der Waals surface area (Å²) < 4.78 is 5.83. The van der Waals surface area contributed by atoms with E-state index in [0.717, 1.165) is 12.0 Å². The molecule has 0 spiro atoms. The molecular weight excluding hydrogens is 248 g/mol. The molecule has 0 fully saturated rings. The van der Waals surface area contributed by atoms with Crippen molar-refractivity contribution >= 4 is 0 Å². The molecule has 1 N–H and O–H groups in total. The summed E-state index contributed by atoms with van der Waals surface area (Å²) in [4.78, 5) is 0. The predicted octanol–water partition coefficient (Wildman–Crippen LogP) is 3.21. The first-order chi connectivity index (χ1) is 9.75. The minimum atomic E-state index is -0.502. The van der Waals surface area contributed by atoms with Gasteiger partial charge in [0, 0.05) is 6.42 Å². The minimum Gasteiger partial charge on any atom is -0.390 e. The smallest absolute Gasteiger partial charge is 0.109 e. The second-order valence-corrected chi connectivity index (χ2v) is 5.44. The first-order valence-electron chi connectivity index (χ1n) is 7.17. The van der Waals surface area contributed by atoms with Gasteiger partial charge in [0.05, 0.1) is 12.7 Å². The Kier molecular flexibility index (Phi) is 3.86. The van der Waals surface area contributed by atoms with Gasteiger partial charge >= 0.3 is 0 Å². The van der Waals surface area contributed by atoms with Crippen molar-refractivity contribution < 1.29 is 9.84 Å². The molecule has 20 heavy (non-hydrogen) atoms. The maximum Gasteiger partial charge on any atom is 0.109 e. The van der Waals surface area contributed by atoms with Crippen LogP contribution in [-0.4, -0.2) is 17.8 Å². The highest BCUT2D eigenvalue weighted by atomic mass is 16.5. The Morgan fingerprint density at radius 2 is 1.90 bits per heavy atom. The Morgan fingerprint density at radius 3 is 2.75 bits per heavy atom. The quantitative estimate of drug-likeness (QED) is 0.926. The summed E-state index contributed by atoms with van der Waals surface area (Å²) in [7, 11) is 0. The van der Waals surface area contributed by atoms with Gasteiger partial charge in [-0.2, -0.15) is 0 Å². The number of aryl methyl sites for hydroxylation is 1. The predicted molar refractivity (Wildman–Crippen MR) is 79.7 cm³/mol. The van der Waals surface area contributed by atoms with Crippen LogP contribution >= 0.6 is 0 Å². The topological polar surface area (TPSA) is 29.5 Å². The minimum absolute atomic E-state index is 0.209. The van der Waals surface area contributed by atoms with Crippen LogP contribution in [0.4, 0.5) is 0 Å². The Balaban J connectivity index is 1.82. The van der Waals surface area contributed by atoms with E-state index in [0.29, 0.717) is 13.0 Å². The van der Waals surface area contributed by atoms with Gasteiger partial charge in [0.15, 0.2) is 0 Å². The standard InChI is InChI=1S/C18H20O2/c1-13-6-2-3-8-15(13)12-17(19)18-16-9-5-4-7-14(16)10-11-20-18/h2-9,17-19H,10-12H2,1H3. The number of ether oxygens (including phenoxy) is 1. The Bertz CT molecular complexity index is 591. The molecule has 1 heterocycles. The van der Waals surface area contributed by atoms with E-state index in [1.165, 1.54) is 16.7 Å². The summed E-state index contributed by atoms with van der Waals surface area (Å²) in [6.07, 6.45) is 0.854. The highest BCUT2D eigenvalue weighted by Gasteiger charge is 2.27. The molecule has 0 saturated carbocycles. The van der Waals surface area contributed by atoms with Crippen molar-refractivity contribution in [1.82, 2.24) is 0 Å². The van der Waals surface area contributed by atoms with Gasteiger partial charge in [-0.3, -0.25) is 0 Å². The molecule has 0 saturated heterocycles. The number of aliphatic hydroxyl groups excluding tert-OH is 1. The van der Waals surface area contributed by atoms with Crippen molar-refractivity contribution in [3.05, 3.63) is 70.8 Å². The number of hydrogen-bond acceptors (Lipinski definition) is 2. The first kappa shape index (κ1) is 13.3. The Hall–Kier alpha value is -1.64. The summed E-state index contributed by atoms with van der Waals surface area (Å²) in [5.41, 5.74) is 4.84. The number of rotatable bonds is 3. The molecule has 2 heteroatoms. The molecule has 0 bridgehead atoms. The fraction of sp³-hybridized carbons (Fsp3) is 0.333. The van der Waals surface area contributed by atoms with E-state index in [-0.39, 0.29) is 6.10 Å². The van der Waals surface area contributed by atoms with Crippen LogP contribution in [0.3, 0.4) is 0 Å². The fourth-order valence-electron chi connectivity index (χ4n) is 2.91. The Labute approximate surface area is 120 Å². The van der Waals surface area contributed by atoms with E-state index in [1.54, 1.807) is 0 Å². The van der Waals surface area contributed by atoms with Crippen LogP contribution in [0.2, 0.25) is 0 Å². The van der Waals surface area contributed by atoms with E-state index in [1.807, 2.05) is 18.2 Å². The lowest BCUT2D eigenvalue weighted by molar-refractivity contribution is -0.0461. The summed E-state index contributed by atoms with van der Waals surface area (Å²) in [5.74, 6) is 0. The largest absolute Gasteiger partial charge is 0.390 e. The van der Waals surface area contributed by atoms with Gasteiger partial charge in [-0.1, -0.05) is 48.5 Å². The molecule has 3 rings (SSSR count). The third-order valence-corrected chi connectivity index (χ3v) is 4.07. The monoisotopic (exact) mass is 268 g/mol. The van der Waals surface area contributed by atoms with Gasteiger partial charge < -0.3 is 9.84 Å². The SMILES string of the molecule is Cc1ccccc1CC(O)C1OCCc2ccccc21. The van der Waals surface area contributed by atoms with Crippen LogP contribution in [-0.2, 0) is 17.6 Å². The molecule has 0 amide bonds. The van der Waals surface area contributed by atoms with Crippen molar-refractivity contribution in [2.45, 2.75) is 32.0 Å². The summed E-state index contributed by atoms with van der Waals surface area (Å²) in [5, 5.41) is 10.6. The zero-order valence-electron chi connectivity index (χ0n) is 11.8. The van der Waals surface area contributed by atoms with Crippen molar-refractivity contribution in [3.63, 3.8) is 0 Å². The molecule has 1 aliphatic rings. The van der Waals surface area contributed by atoms with Crippen molar-refractivity contribution in [2.24, 2.45) is 0 Å². The molecule has 2 unspecified atom stereocenters. The first-order valence-corrected chi connectivity index (χ1v) is 7.17. The van der Waals surface area contributed by atoms with Crippen LogP contribution in [0.15, 0.2) is 48.5 Å². The van der Waals surface area contributed by atoms with Gasteiger partial charge in [0.25, 0.3) is 0 Å². The molecule has 1 aliphatic heterocycles. The van der Waals surface area contributed by atoms with Crippen molar-refractivity contribution in [2.75, 3.05) is 6.61 Å². The number of fused-ring (bicyclic) bond motifs is 1. The van der Waals surface area contributed by atoms with E-state index in [9.17, 15) is 5.11 Å². The van der Waals surface area contributed by atoms with Crippen LogP contribution in [0.1, 0.15) is 28.4 Å². The van der Waals surface area contributed by atoms with Crippen LogP contribution in [0.25, 0.3) is 0 Å². The maximum absolute atomic E-state index is 10.6. The molecule has 0 radical (unpaired) electrons. The normalized spacial score (nSPS) is 19.4. The lowest BCUT2D eigenvalue weighted by Gasteiger charge is -2.30. The lowest BCUT2D eigenvalue weighted by Crippen LogP contribution is -2.28. The van der Waals surface area contributed by atoms with Gasteiger partial charge in [-0.05, 0) is 35.6 Å². The van der Waals surface area contributed by atoms with E-state index >= 15 is 0 Å². The molecule has 0 aliphatic carbocycles. The highest BCUT2D eigenvalue weighted by molar-refractivity contribution is 5.33. The summed E-state index contributed by atoms with van der Waals surface area (Å²) in [6.45, 7) is 2.77. The molecule has 2 aromatic rings. The summed E-state index contributed by atoms with van der Waals surface area (Å²) in [6, 6.07) is 16.5. The highest BCUT2D eigenvalue weighted by Crippen LogP contribution is 2.31. The molecular formula is C18H20O2. The van der Waals surface area contributed by atoms with E-state index in [2.05, 4.69) is 37.3 Å². The number of hydrogen-bond donors (Lipinski definition) is 1. The Morgan fingerprint density at radius 1 is 1.15 bits per heavy atom. The van der Waals surface area contributed by atoms with Gasteiger partial charge in [0.2, 0.25) is 0 Å². The molecule has 2 nitrogen and oxygen atoms in total. The van der Waals surface area contributed by atoms with Gasteiger partial charge in [-0.25, -0.2) is 0 Å². The maximum atomic E-state index is 10.6. The molecule has 2 atom stereocenters. The van der Waals surface area contributed by atoms with Gasteiger partial charge in [-0.15, -0.1) is 0 Å². The van der Waals surface area contributed by atoms with E-state index < -0.39 is 6.10 Å². The summed E-state index contributed by atoms with van der Waals surface area (Å²) >= 11 is 0. The third-order valence-electron chi connectivity index (χ3n) is 4.07. The second-order valence-electron chi connectivity index (χ2n) is 5.44. The molecule has 2 aromatic carbocycles. The van der Waals surface area contributed by atoms with Crippen molar-refractivity contribution in [1.29, 1.82) is 0 Å². The lowest BCUT2D eigenvalue weighted by atomic mass is 9.91. The van der Waals surface area contributed by atoms with Crippen LogP contribution in [0, 0.1) is 6.92 Å². The molecule has 104 valence electrons.